The van der Waals surface area contributed by atoms with Gasteiger partial charge in [-0.25, -0.2) is 0 Å². The molecule has 0 bridgehead atoms. The summed E-state index contributed by atoms with van der Waals surface area (Å²) >= 11 is 0. The maximum absolute atomic E-state index is 12.2. The molecule has 0 aromatic heterocycles. The Bertz CT molecular complexity index is 258. The van der Waals surface area contributed by atoms with Crippen LogP contribution in [0, 0.1) is 17.8 Å². The minimum atomic E-state index is -4.23. The summed E-state index contributed by atoms with van der Waals surface area (Å²) in [7, 11) is 0. The Labute approximate surface area is 84.1 Å². The molecule has 2 fully saturated rings. The number of hydrogen-bond donors (Lipinski definition) is 2. The summed E-state index contributed by atoms with van der Waals surface area (Å²) in [6.45, 7) is 0.172. The van der Waals surface area contributed by atoms with Gasteiger partial charge < -0.3 is 10.4 Å². The number of halogens is 4. The normalized spacial score (nSPS) is 39.9. The highest BCUT2D eigenvalue weighted by atomic mass is 35.5. The van der Waals surface area contributed by atoms with E-state index in [1.807, 2.05) is 0 Å². The van der Waals surface area contributed by atoms with Crippen LogP contribution in [0.25, 0.3) is 0 Å². The second kappa shape index (κ2) is 3.27. The van der Waals surface area contributed by atoms with Gasteiger partial charge in [0.25, 0.3) is 0 Å². The highest BCUT2D eigenvalue weighted by Crippen LogP contribution is 2.59. The zero-order chi connectivity index (χ0) is 9.80. The molecule has 2 rings (SSSR count). The smallest absolute Gasteiger partial charge is 0.392 e. The number of hydrogen-bond acceptors (Lipinski definition) is 2. The lowest BCUT2D eigenvalue weighted by atomic mass is 10.1. The molecule has 2 aliphatic rings. The van der Waals surface area contributed by atoms with Crippen molar-refractivity contribution in [2.45, 2.75) is 12.2 Å². The Morgan fingerprint density at radius 2 is 2.00 bits per heavy atom. The quantitative estimate of drug-likeness (QED) is 0.705. The molecule has 2 N–H and O–H groups in total. The fourth-order valence-corrected chi connectivity index (χ4v) is 2.23. The molecule has 1 aliphatic heterocycles. The van der Waals surface area contributed by atoms with Gasteiger partial charge in [-0.1, -0.05) is 0 Å². The number of carboxylic acid groups (broad SMARTS) is 1. The van der Waals surface area contributed by atoms with E-state index in [0.717, 1.165) is 0 Å². The second-order valence-corrected chi connectivity index (χ2v) is 3.53. The molecule has 1 saturated heterocycles. The van der Waals surface area contributed by atoms with E-state index in [2.05, 4.69) is 5.32 Å². The molecule has 0 radical (unpaired) electrons. The van der Waals surface area contributed by atoms with Crippen LogP contribution in [0.2, 0.25) is 0 Å². The van der Waals surface area contributed by atoms with Crippen molar-refractivity contribution in [3.63, 3.8) is 0 Å². The van der Waals surface area contributed by atoms with Crippen molar-refractivity contribution in [1.29, 1.82) is 0 Å². The highest BCUT2D eigenvalue weighted by Gasteiger charge is 2.70. The van der Waals surface area contributed by atoms with Gasteiger partial charge in [0.1, 0.15) is 6.04 Å². The molecule has 0 amide bonds. The van der Waals surface area contributed by atoms with E-state index in [4.69, 9.17) is 5.11 Å². The molecule has 0 aromatic carbocycles. The molecular formula is C7H9ClF3NO2. The van der Waals surface area contributed by atoms with Crippen LogP contribution < -0.4 is 5.32 Å². The first-order valence-corrected chi connectivity index (χ1v) is 3.96. The van der Waals surface area contributed by atoms with Crippen LogP contribution in [-0.4, -0.2) is 29.8 Å². The zero-order valence-electron chi connectivity index (χ0n) is 6.91. The van der Waals surface area contributed by atoms with Crippen molar-refractivity contribution < 1.29 is 23.1 Å². The van der Waals surface area contributed by atoms with Gasteiger partial charge in [0.05, 0.1) is 5.92 Å². The molecule has 0 unspecified atom stereocenters. The van der Waals surface area contributed by atoms with Crippen molar-refractivity contribution >= 4 is 18.4 Å². The van der Waals surface area contributed by atoms with Gasteiger partial charge in [-0.3, -0.25) is 4.79 Å². The predicted octanol–water partition coefficient (Wildman–Crippen LogP) is 0.889. The molecule has 0 aromatic rings. The van der Waals surface area contributed by atoms with Gasteiger partial charge in [-0.2, -0.15) is 13.2 Å². The number of piperidine rings is 1. The molecule has 1 saturated carbocycles. The Hall–Kier alpha value is -0.490. The topological polar surface area (TPSA) is 49.3 Å². The lowest BCUT2D eigenvalue weighted by molar-refractivity contribution is -0.158. The molecule has 1 heterocycles. The summed E-state index contributed by atoms with van der Waals surface area (Å²) in [5, 5.41) is 11.1. The van der Waals surface area contributed by atoms with E-state index in [0.29, 0.717) is 0 Å². The fraction of sp³-hybridized carbons (Fsp3) is 0.857. The number of nitrogens with one attached hydrogen (secondary N) is 1. The third-order valence-electron chi connectivity index (χ3n) is 2.83. The van der Waals surface area contributed by atoms with Crippen molar-refractivity contribution in [2.24, 2.45) is 17.8 Å². The lowest BCUT2D eigenvalue weighted by Gasteiger charge is -2.13. The largest absolute Gasteiger partial charge is 0.480 e. The monoisotopic (exact) mass is 231 g/mol. The second-order valence-electron chi connectivity index (χ2n) is 3.53. The van der Waals surface area contributed by atoms with E-state index in [-0.39, 0.29) is 19.0 Å². The number of alkyl halides is 3. The van der Waals surface area contributed by atoms with E-state index in [9.17, 15) is 18.0 Å². The van der Waals surface area contributed by atoms with Gasteiger partial charge >= 0.3 is 12.1 Å². The summed E-state index contributed by atoms with van der Waals surface area (Å²) in [6, 6.07) is -1.00. The SMILES string of the molecule is Cl.O=C(O)[C@@H]1NC[C@H]2[C@@H]1[C@@H]2C(F)(F)F. The molecule has 4 atom stereocenters. The molecule has 0 spiro atoms. The Morgan fingerprint density at radius 3 is 2.36 bits per heavy atom. The van der Waals surface area contributed by atoms with Gasteiger partial charge in [-0.15, -0.1) is 12.4 Å². The average molecular weight is 232 g/mol. The highest BCUT2D eigenvalue weighted by molar-refractivity contribution is 5.85. The van der Waals surface area contributed by atoms with Crippen molar-refractivity contribution in [2.75, 3.05) is 6.54 Å². The van der Waals surface area contributed by atoms with Crippen LogP contribution in [0.3, 0.4) is 0 Å². The standard InChI is InChI=1S/C7H8F3NO2.ClH/c8-7(9,10)4-2-1-11-5(3(2)4)6(12)13;/h2-5,11H,1H2,(H,12,13);1H/t2-,3+,4+,5+;/m0./s1. The average Bonchev–Trinajstić information content (AvgIpc) is 2.52. The van der Waals surface area contributed by atoms with Crippen LogP contribution >= 0.6 is 12.4 Å². The first kappa shape index (κ1) is 11.6. The lowest BCUT2D eigenvalue weighted by Crippen LogP contribution is -2.38. The molecular weight excluding hydrogens is 223 g/mol. The maximum Gasteiger partial charge on any atom is 0.392 e. The molecule has 14 heavy (non-hydrogen) atoms. The third kappa shape index (κ3) is 1.56. The molecule has 1 aliphatic carbocycles. The maximum atomic E-state index is 12.2. The van der Waals surface area contributed by atoms with E-state index >= 15 is 0 Å². The summed E-state index contributed by atoms with van der Waals surface area (Å²) in [5.41, 5.74) is 0. The first-order valence-electron chi connectivity index (χ1n) is 3.96. The fourth-order valence-electron chi connectivity index (χ4n) is 2.23. The molecule has 7 heteroatoms. The minimum absolute atomic E-state index is 0. The van der Waals surface area contributed by atoms with E-state index in [1.165, 1.54) is 0 Å². The Kier molecular flexibility index (Phi) is 2.71. The minimum Gasteiger partial charge on any atom is -0.480 e. The van der Waals surface area contributed by atoms with Crippen molar-refractivity contribution in [3.8, 4) is 0 Å². The molecule has 82 valence electrons. The predicted molar refractivity (Wildman–Crippen MR) is 43.2 cm³/mol. The van der Waals surface area contributed by atoms with Crippen molar-refractivity contribution in [1.82, 2.24) is 5.32 Å². The number of rotatable bonds is 1. The van der Waals surface area contributed by atoms with E-state index in [1.54, 1.807) is 0 Å². The summed E-state index contributed by atoms with van der Waals surface area (Å²) in [4.78, 5) is 10.5. The van der Waals surface area contributed by atoms with Gasteiger partial charge in [0.15, 0.2) is 0 Å². The number of carboxylic acids is 1. The summed E-state index contributed by atoms with van der Waals surface area (Å²) in [5.74, 6) is -3.83. The van der Waals surface area contributed by atoms with Crippen molar-refractivity contribution in [3.05, 3.63) is 0 Å². The van der Waals surface area contributed by atoms with Crippen LogP contribution in [0.15, 0.2) is 0 Å². The number of fused-ring (bicyclic) bond motifs is 1. The van der Waals surface area contributed by atoms with Gasteiger partial charge in [-0.05, 0) is 12.5 Å². The molecule has 3 nitrogen and oxygen atoms in total. The van der Waals surface area contributed by atoms with Gasteiger partial charge in [0, 0.05) is 5.92 Å². The van der Waals surface area contributed by atoms with Crippen LogP contribution in [0.4, 0.5) is 13.2 Å². The zero-order valence-corrected chi connectivity index (χ0v) is 7.73. The summed E-state index contributed by atoms with van der Waals surface area (Å²) in [6.07, 6.45) is -4.23. The number of aliphatic carboxylic acids is 1. The Morgan fingerprint density at radius 1 is 1.43 bits per heavy atom. The number of carbonyl (C=O) groups is 1. The third-order valence-corrected chi connectivity index (χ3v) is 2.83. The van der Waals surface area contributed by atoms with Gasteiger partial charge in [0.2, 0.25) is 0 Å². The summed E-state index contributed by atoms with van der Waals surface area (Å²) < 4.78 is 36.5. The Balaban J connectivity index is 0.000000980. The van der Waals surface area contributed by atoms with Crippen LogP contribution in [0.1, 0.15) is 0 Å². The van der Waals surface area contributed by atoms with Crippen LogP contribution in [-0.2, 0) is 4.79 Å². The van der Waals surface area contributed by atoms with E-state index < -0.39 is 35.9 Å². The first-order chi connectivity index (χ1) is 5.93. The van der Waals surface area contributed by atoms with Crippen LogP contribution in [0.5, 0.6) is 0 Å².